The summed E-state index contributed by atoms with van der Waals surface area (Å²) in [5, 5.41) is 26.7. The van der Waals surface area contributed by atoms with Gasteiger partial charge in [-0.1, -0.05) is 0 Å². The number of hydrogen-bond acceptors (Lipinski definition) is 4. The van der Waals surface area contributed by atoms with Gasteiger partial charge in [-0.3, -0.25) is 0 Å². The highest BCUT2D eigenvalue weighted by Crippen LogP contribution is 2.13. The Hall–Kier alpha value is -0.975. The lowest BCUT2D eigenvalue weighted by Crippen LogP contribution is -2.32. The summed E-state index contributed by atoms with van der Waals surface area (Å²) in [5.41, 5.74) is 0.267. The van der Waals surface area contributed by atoms with Crippen LogP contribution in [-0.2, 0) is 0 Å². The van der Waals surface area contributed by atoms with Crippen LogP contribution in [0.25, 0.3) is 0 Å². The summed E-state index contributed by atoms with van der Waals surface area (Å²) in [5.74, 6) is -1.08. The summed E-state index contributed by atoms with van der Waals surface area (Å²) >= 11 is 1.33. The topological polar surface area (TPSA) is 77.8 Å². The van der Waals surface area contributed by atoms with Crippen LogP contribution in [0.3, 0.4) is 0 Å². The highest BCUT2D eigenvalue weighted by atomic mass is 32.2. The molecule has 0 fully saturated rings. The van der Waals surface area contributed by atoms with E-state index < -0.39 is 13.1 Å². The number of rotatable bonds is 3. The number of carboxylic acid groups (broad SMARTS) is 1. The molecule has 1 aromatic rings. The third kappa shape index (κ3) is 2.28. The third-order valence-corrected chi connectivity index (χ3v) is 2.57. The zero-order chi connectivity index (χ0) is 10.7. The molecule has 0 aromatic heterocycles. The minimum absolute atomic E-state index is 0.0471. The van der Waals surface area contributed by atoms with Crippen molar-refractivity contribution in [1.29, 1.82) is 0 Å². The van der Waals surface area contributed by atoms with Crippen LogP contribution in [0.5, 0.6) is 0 Å². The molecule has 0 unspecified atom stereocenters. The van der Waals surface area contributed by atoms with E-state index in [1.54, 1.807) is 12.3 Å². The second-order valence-electron chi connectivity index (χ2n) is 2.64. The Bertz CT molecular complexity index is 353. The first kappa shape index (κ1) is 11.1. The van der Waals surface area contributed by atoms with E-state index in [-0.39, 0.29) is 11.0 Å². The van der Waals surface area contributed by atoms with E-state index in [4.69, 9.17) is 15.2 Å². The van der Waals surface area contributed by atoms with Gasteiger partial charge in [0.1, 0.15) is 0 Å². The molecule has 0 aliphatic carbocycles. The Labute approximate surface area is 85.7 Å². The lowest BCUT2D eigenvalue weighted by Gasteiger charge is -2.06. The molecular formula is C8H9BO4S. The average Bonchev–Trinajstić information content (AvgIpc) is 2.16. The lowest BCUT2D eigenvalue weighted by molar-refractivity contribution is 0.0697. The van der Waals surface area contributed by atoms with Crippen molar-refractivity contribution in [2.45, 2.75) is 4.90 Å². The van der Waals surface area contributed by atoms with Crippen molar-refractivity contribution in [2.75, 3.05) is 6.26 Å². The Morgan fingerprint density at radius 1 is 1.43 bits per heavy atom. The quantitative estimate of drug-likeness (QED) is 0.477. The number of aromatic carboxylic acids is 1. The van der Waals surface area contributed by atoms with Crippen molar-refractivity contribution in [1.82, 2.24) is 0 Å². The number of hydrogen-bond donors (Lipinski definition) is 3. The molecule has 74 valence electrons. The predicted molar refractivity (Wildman–Crippen MR) is 55.0 cm³/mol. The van der Waals surface area contributed by atoms with Crippen molar-refractivity contribution >= 4 is 30.3 Å². The highest BCUT2D eigenvalue weighted by Gasteiger charge is 2.17. The second kappa shape index (κ2) is 4.50. The van der Waals surface area contributed by atoms with Crippen LogP contribution in [0.2, 0.25) is 0 Å². The van der Waals surface area contributed by atoms with Crippen LogP contribution in [-0.4, -0.2) is 34.5 Å². The molecule has 0 bridgehead atoms. The summed E-state index contributed by atoms with van der Waals surface area (Å²) in [6, 6.07) is 4.25. The summed E-state index contributed by atoms with van der Waals surface area (Å²) in [7, 11) is -1.64. The van der Waals surface area contributed by atoms with Gasteiger partial charge in [-0.2, -0.15) is 0 Å². The monoisotopic (exact) mass is 212 g/mol. The van der Waals surface area contributed by atoms with Gasteiger partial charge in [0.2, 0.25) is 0 Å². The number of benzene rings is 1. The van der Waals surface area contributed by atoms with Gasteiger partial charge >= 0.3 is 13.1 Å². The van der Waals surface area contributed by atoms with Gasteiger partial charge in [0.15, 0.2) is 0 Å². The molecule has 0 heterocycles. The van der Waals surface area contributed by atoms with E-state index >= 15 is 0 Å². The molecule has 0 radical (unpaired) electrons. The van der Waals surface area contributed by atoms with E-state index in [1.165, 1.54) is 23.9 Å². The van der Waals surface area contributed by atoms with Crippen LogP contribution < -0.4 is 5.46 Å². The second-order valence-corrected chi connectivity index (χ2v) is 3.48. The Morgan fingerprint density at radius 3 is 2.50 bits per heavy atom. The Kier molecular flexibility index (Phi) is 3.57. The first-order chi connectivity index (χ1) is 6.56. The van der Waals surface area contributed by atoms with Gasteiger partial charge in [0.25, 0.3) is 0 Å². The molecule has 0 spiro atoms. The summed E-state index contributed by atoms with van der Waals surface area (Å²) in [6.07, 6.45) is 1.78. The molecule has 4 nitrogen and oxygen atoms in total. The summed E-state index contributed by atoms with van der Waals surface area (Å²) < 4.78 is 0. The predicted octanol–water partition coefficient (Wildman–Crippen LogP) is -0.213. The zero-order valence-electron chi connectivity index (χ0n) is 7.47. The van der Waals surface area contributed by atoms with Crippen LogP contribution in [0.1, 0.15) is 10.4 Å². The van der Waals surface area contributed by atoms with Crippen molar-refractivity contribution < 1.29 is 19.9 Å². The normalized spacial score (nSPS) is 9.93. The van der Waals surface area contributed by atoms with Gasteiger partial charge in [-0.15, -0.1) is 11.8 Å². The standard InChI is InChI=1S/C8H9BO4S/c1-14-7-3-2-5(8(10)11)4-6(7)9(12)13/h2-4,12-13H,1H3,(H,10,11). The van der Waals surface area contributed by atoms with Crippen molar-refractivity contribution in [3.8, 4) is 0 Å². The first-order valence-corrected chi connectivity index (χ1v) is 5.06. The van der Waals surface area contributed by atoms with Crippen LogP contribution in [0, 0.1) is 0 Å². The smallest absolute Gasteiger partial charge is 0.478 e. The van der Waals surface area contributed by atoms with Crippen molar-refractivity contribution in [2.24, 2.45) is 0 Å². The lowest BCUT2D eigenvalue weighted by atomic mass is 9.79. The first-order valence-electron chi connectivity index (χ1n) is 3.83. The van der Waals surface area contributed by atoms with E-state index in [2.05, 4.69) is 0 Å². The number of carbonyl (C=O) groups is 1. The van der Waals surface area contributed by atoms with E-state index in [0.717, 1.165) is 0 Å². The molecule has 0 aliphatic heterocycles. The summed E-state index contributed by atoms with van der Waals surface area (Å²) in [6.45, 7) is 0. The van der Waals surface area contributed by atoms with Gasteiger partial charge in [-0.05, 0) is 29.9 Å². The summed E-state index contributed by atoms with van der Waals surface area (Å²) in [4.78, 5) is 11.3. The Balaban J connectivity index is 3.20. The van der Waals surface area contributed by atoms with Gasteiger partial charge < -0.3 is 15.2 Å². The maximum atomic E-state index is 10.6. The molecule has 0 amide bonds. The van der Waals surface area contributed by atoms with Gasteiger partial charge in [0.05, 0.1) is 5.56 Å². The molecule has 0 saturated carbocycles. The maximum absolute atomic E-state index is 10.6. The third-order valence-electron chi connectivity index (χ3n) is 1.75. The van der Waals surface area contributed by atoms with E-state index in [9.17, 15) is 4.79 Å². The average molecular weight is 212 g/mol. The molecule has 0 atom stereocenters. The Morgan fingerprint density at radius 2 is 2.07 bits per heavy atom. The van der Waals surface area contributed by atoms with Crippen LogP contribution >= 0.6 is 11.8 Å². The van der Waals surface area contributed by atoms with Gasteiger partial charge in [-0.25, -0.2) is 4.79 Å². The molecular weight excluding hydrogens is 203 g/mol. The molecule has 1 rings (SSSR count). The molecule has 3 N–H and O–H groups in total. The van der Waals surface area contributed by atoms with E-state index in [1.807, 2.05) is 0 Å². The van der Waals surface area contributed by atoms with E-state index in [0.29, 0.717) is 4.90 Å². The van der Waals surface area contributed by atoms with Gasteiger partial charge in [0, 0.05) is 4.90 Å². The van der Waals surface area contributed by atoms with Crippen LogP contribution in [0.4, 0.5) is 0 Å². The molecule has 6 heteroatoms. The largest absolute Gasteiger partial charge is 0.489 e. The molecule has 0 saturated heterocycles. The fourth-order valence-corrected chi connectivity index (χ4v) is 1.67. The van der Waals surface area contributed by atoms with Crippen molar-refractivity contribution in [3.63, 3.8) is 0 Å². The minimum atomic E-state index is -1.64. The molecule has 14 heavy (non-hydrogen) atoms. The minimum Gasteiger partial charge on any atom is -0.478 e. The highest BCUT2D eigenvalue weighted by molar-refractivity contribution is 7.98. The van der Waals surface area contributed by atoms with Crippen molar-refractivity contribution in [3.05, 3.63) is 23.8 Å². The number of carboxylic acids is 1. The van der Waals surface area contributed by atoms with Crippen LogP contribution in [0.15, 0.2) is 23.1 Å². The fraction of sp³-hybridized carbons (Fsp3) is 0.125. The zero-order valence-corrected chi connectivity index (χ0v) is 8.28. The molecule has 1 aromatic carbocycles. The SMILES string of the molecule is CSc1ccc(C(=O)O)cc1B(O)O. The maximum Gasteiger partial charge on any atom is 0.489 e. The number of thioether (sulfide) groups is 1. The fourth-order valence-electron chi connectivity index (χ4n) is 1.07. The molecule has 0 aliphatic rings.